The Bertz CT molecular complexity index is 123. The van der Waals surface area contributed by atoms with Crippen LogP contribution in [-0.4, -0.2) is 12.7 Å². The van der Waals surface area contributed by atoms with E-state index >= 15 is 0 Å². The Balaban J connectivity index is 3.12. The van der Waals surface area contributed by atoms with Crippen molar-refractivity contribution in [1.29, 1.82) is 0 Å². The zero-order chi connectivity index (χ0) is 12.1. The van der Waals surface area contributed by atoms with Gasteiger partial charge in [0, 0.05) is 6.61 Å². The average Bonchev–Trinajstić information content (AvgIpc) is 2.31. The first-order chi connectivity index (χ1) is 7.85. The van der Waals surface area contributed by atoms with E-state index < -0.39 is 0 Å². The van der Waals surface area contributed by atoms with Crippen LogP contribution in [0.25, 0.3) is 0 Å². The summed E-state index contributed by atoms with van der Waals surface area (Å²) < 4.78 is 5.54. The molecule has 0 N–H and O–H groups in total. The van der Waals surface area contributed by atoms with Crippen LogP contribution in [0.5, 0.6) is 0 Å². The molecule has 0 aliphatic heterocycles. The fourth-order valence-electron chi connectivity index (χ4n) is 2.08. The molecule has 0 bridgehead atoms. The third-order valence-electron chi connectivity index (χ3n) is 3.19. The lowest BCUT2D eigenvalue weighted by Gasteiger charge is -2.14. The molecule has 0 aromatic rings. The van der Waals surface area contributed by atoms with Gasteiger partial charge < -0.3 is 4.74 Å². The van der Waals surface area contributed by atoms with Gasteiger partial charge in [-0.2, -0.15) is 0 Å². The molecule has 0 rings (SSSR count). The van der Waals surface area contributed by atoms with E-state index in [2.05, 4.69) is 20.8 Å². The molecule has 0 amide bonds. The van der Waals surface area contributed by atoms with Crippen LogP contribution in [0.1, 0.15) is 78.1 Å². The maximum Gasteiger partial charge on any atom is 0.0572 e. The average molecular weight is 227 g/mol. The Morgan fingerprint density at radius 1 is 0.875 bits per heavy atom. The molecule has 97 valence electrons. The number of unbranched alkanes of at least 4 members (excludes halogenated alkanes) is 7. The van der Waals surface area contributed by atoms with Gasteiger partial charge in [-0.05, 0) is 19.8 Å². The molecular weight excluding hydrogens is 196 g/mol. The van der Waals surface area contributed by atoms with Gasteiger partial charge in [-0.1, -0.05) is 65.2 Å². The van der Waals surface area contributed by atoms with Gasteiger partial charge in [0.05, 0.1) is 6.10 Å². The van der Waals surface area contributed by atoms with Gasteiger partial charge in [0.25, 0.3) is 0 Å². The molecule has 0 heterocycles. The third-order valence-corrected chi connectivity index (χ3v) is 3.19. The fraction of sp³-hybridized carbons (Fsp3) is 0.933. The van der Waals surface area contributed by atoms with Crippen molar-refractivity contribution in [2.24, 2.45) is 0 Å². The van der Waals surface area contributed by atoms with Crippen LogP contribution in [0.4, 0.5) is 0 Å². The minimum atomic E-state index is 0.456. The molecule has 0 aliphatic rings. The smallest absolute Gasteiger partial charge is 0.0572 e. The van der Waals surface area contributed by atoms with E-state index in [1.807, 2.05) is 0 Å². The minimum absolute atomic E-state index is 0.456. The highest BCUT2D eigenvalue weighted by Crippen LogP contribution is 2.13. The Labute approximate surface area is 103 Å². The predicted octanol–water partition coefficient (Wildman–Crippen LogP) is 5.15. The Hall–Kier alpha value is -0.0400. The highest BCUT2D eigenvalue weighted by Gasteiger charge is 2.04. The fourth-order valence-corrected chi connectivity index (χ4v) is 2.08. The molecule has 0 fully saturated rings. The van der Waals surface area contributed by atoms with Crippen molar-refractivity contribution in [3.8, 4) is 0 Å². The maximum absolute atomic E-state index is 5.54. The van der Waals surface area contributed by atoms with Crippen molar-refractivity contribution < 1.29 is 4.74 Å². The van der Waals surface area contributed by atoms with Crippen LogP contribution in [0.15, 0.2) is 0 Å². The first-order valence-electron chi connectivity index (χ1n) is 7.26. The lowest BCUT2D eigenvalue weighted by molar-refractivity contribution is 0.0619. The van der Waals surface area contributed by atoms with Crippen molar-refractivity contribution >= 4 is 0 Å². The van der Waals surface area contributed by atoms with Gasteiger partial charge in [0.2, 0.25) is 0 Å². The van der Waals surface area contributed by atoms with Crippen molar-refractivity contribution in [2.45, 2.75) is 84.2 Å². The molecule has 1 radical (unpaired) electrons. The molecule has 16 heavy (non-hydrogen) atoms. The maximum atomic E-state index is 5.54. The summed E-state index contributed by atoms with van der Waals surface area (Å²) in [6.45, 7) is 8.83. The van der Waals surface area contributed by atoms with Crippen LogP contribution >= 0.6 is 0 Å². The molecule has 0 saturated heterocycles. The highest BCUT2D eigenvalue weighted by atomic mass is 16.5. The third kappa shape index (κ3) is 10.5. The molecular formula is C15H31O. The monoisotopic (exact) mass is 227 g/mol. The predicted molar refractivity (Wildman–Crippen MR) is 72.6 cm³/mol. The van der Waals surface area contributed by atoms with Gasteiger partial charge in [-0.3, -0.25) is 0 Å². The lowest BCUT2D eigenvalue weighted by Crippen LogP contribution is -2.11. The van der Waals surface area contributed by atoms with Crippen LogP contribution in [0.3, 0.4) is 0 Å². The minimum Gasteiger partial charge on any atom is -0.378 e. The Kier molecular flexibility index (Phi) is 13.0. The van der Waals surface area contributed by atoms with E-state index in [9.17, 15) is 0 Å². The summed E-state index contributed by atoms with van der Waals surface area (Å²) in [5, 5.41) is 0. The van der Waals surface area contributed by atoms with Crippen molar-refractivity contribution in [3.63, 3.8) is 0 Å². The summed E-state index contributed by atoms with van der Waals surface area (Å²) in [6, 6.07) is 0. The molecule has 1 unspecified atom stereocenters. The largest absolute Gasteiger partial charge is 0.378 e. The zero-order valence-corrected chi connectivity index (χ0v) is 11.5. The molecule has 0 saturated carbocycles. The molecule has 0 aromatic carbocycles. The summed E-state index contributed by atoms with van der Waals surface area (Å²) in [5.74, 6) is 0. The van der Waals surface area contributed by atoms with E-state index in [1.165, 1.54) is 57.8 Å². The standard InChI is InChI=1S/C15H31O/c1-4-7-8-9-10-11-12-13-14-15(5-2)16-6-3/h15H,3-14H2,1-2H3. The SMILES string of the molecule is [CH2]COC(CC)CCCCCCCCCC. The van der Waals surface area contributed by atoms with Crippen molar-refractivity contribution in [1.82, 2.24) is 0 Å². The molecule has 0 aliphatic carbocycles. The van der Waals surface area contributed by atoms with E-state index in [1.54, 1.807) is 0 Å². The first-order valence-corrected chi connectivity index (χ1v) is 7.26. The van der Waals surface area contributed by atoms with E-state index in [0.29, 0.717) is 12.7 Å². The number of hydrogen-bond donors (Lipinski definition) is 0. The summed E-state index contributed by atoms with van der Waals surface area (Å²) in [6.07, 6.45) is 14.0. The topological polar surface area (TPSA) is 9.23 Å². The quantitative estimate of drug-likeness (QED) is 0.419. The van der Waals surface area contributed by atoms with E-state index in [0.717, 1.165) is 6.42 Å². The molecule has 0 spiro atoms. The van der Waals surface area contributed by atoms with Crippen molar-refractivity contribution in [3.05, 3.63) is 6.92 Å². The molecule has 1 nitrogen and oxygen atoms in total. The van der Waals surface area contributed by atoms with Gasteiger partial charge in [0.1, 0.15) is 0 Å². The second-order valence-electron chi connectivity index (χ2n) is 4.66. The molecule has 1 atom stereocenters. The summed E-state index contributed by atoms with van der Waals surface area (Å²) in [4.78, 5) is 0. The van der Waals surface area contributed by atoms with Crippen LogP contribution in [0, 0.1) is 6.92 Å². The van der Waals surface area contributed by atoms with E-state index in [-0.39, 0.29) is 0 Å². The summed E-state index contributed by atoms with van der Waals surface area (Å²) in [7, 11) is 0. The summed E-state index contributed by atoms with van der Waals surface area (Å²) in [5.41, 5.74) is 0. The van der Waals surface area contributed by atoms with Gasteiger partial charge in [0.15, 0.2) is 0 Å². The molecule has 0 aromatic heterocycles. The van der Waals surface area contributed by atoms with Crippen LogP contribution < -0.4 is 0 Å². The number of rotatable bonds is 12. The van der Waals surface area contributed by atoms with Crippen molar-refractivity contribution in [2.75, 3.05) is 6.61 Å². The van der Waals surface area contributed by atoms with Gasteiger partial charge in [-0.15, -0.1) is 0 Å². The van der Waals surface area contributed by atoms with Crippen LogP contribution in [-0.2, 0) is 4.74 Å². The normalized spacial score (nSPS) is 12.9. The van der Waals surface area contributed by atoms with Gasteiger partial charge >= 0.3 is 0 Å². The second-order valence-corrected chi connectivity index (χ2v) is 4.66. The Morgan fingerprint density at radius 3 is 1.94 bits per heavy atom. The lowest BCUT2D eigenvalue weighted by atomic mass is 10.0. The van der Waals surface area contributed by atoms with Crippen LogP contribution in [0.2, 0.25) is 0 Å². The Morgan fingerprint density at radius 2 is 1.44 bits per heavy atom. The van der Waals surface area contributed by atoms with E-state index in [4.69, 9.17) is 4.74 Å². The number of ether oxygens (including phenoxy) is 1. The molecule has 1 heteroatoms. The summed E-state index contributed by atoms with van der Waals surface area (Å²) >= 11 is 0. The first kappa shape index (κ1) is 16.0. The second kappa shape index (κ2) is 13.0. The highest BCUT2D eigenvalue weighted by molar-refractivity contribution is 4.57. The zero-order valence-electron chi connectivity index (χ0n) is 11.5. The van der Waals surface area contributed by atoms with Gasteiger partial charge in [-0.25, -0.2) is 0 Å². The number of hydrogen-bond acceptors (Lipinski definition) is 1.